The molecule has 0 aliphatic rings. The monoisotopic (exact) mass is 256 g/mol. The lowest BCUT2D eigenvalue weighted by atomic mass is 10.0. The van der Waals surface area contributed by atoms with Crippen molar-refractivity contribution in [2.45, 2.75) is 0 Å². The van der Waals surface area contributed by atoms with Gasteiger partial charge < -0.3 is 14.6 Å². The van der Waals surface area contributed by atoms with Gasteiger partial charge in [0.2, 0.25) is 0 Å². The van der Waals surface area contributed by atoms with E-state index in [1.807, 2.05) is 0 Å². The third kappa shape index (κ3) is 1.55. The third-order valence-electron chi connectivity index (χ3n) is 2.98. The smallest absolute Gasteiger partial charge is 0.344 e. The van der Waals surface area contributed by atoms with E-state index in [0.29, 0.717) is 16.2 Å². The van der Waals surface area contributed by atoms with Crippen LogP contribution in [-0.4, -0.2) is 16.2 Å². The average Bonchev–Trinajstić information content (AvgIpc) is 2.38. The van der Waals surface area contributed by atoms with Gasteiger partial charge in [0.1, 0.15) is 11.3 Å². The zero-order chi connectivity index (χ0) is 13.6. The molecule has 5 heteroatoms. The Morgan fingerprint density at radius 2 is 1.68 bits per heavy atom. The van der Waals surface area contributed by atoms with Gasteiger partial charge in [-0.3, -0.25) is 0 Å². The van der Waals surface area contributed by atoms with Crippen molar-refractivity contribution in [3.63, 3.8) is 0 Å². The van der Waals surface area contributed by atoms with Gasteiger partial charge in [-0.2, -0.15) is 0 Å². The summed E-state index contributed by atoms with van der Waals surface area (Å²) < 4.78 is 5.05. The summed E-state index contributed by atoms with van der Waals surface area (Å²) in [6.07, 6.45) is 0. The van der Waals surface area contributed by atoms with E-state index in [2.05, 4.69) is 0 Å². The fraction of sp³-hybridized carbons (Fsp3) is 0. The Morgan fingerprint density at radius 3 is 2.37 bits per heavy atom. The molecule has 0 fully saturated rings. The van der Waals surface area contributed by atoms with Crippen LogP contribution in [0, 0.1) is 0 Å². The lowest BCUT2D eigenvalue weighted by molar-refractivity contribution is 0.0694. The highest BCUT2D eigenvalue weighted by Gasteiger charge is 2.18. The van der Waals surface area contributed by atoms with Gasteiger partial charge in [0.05, 0.1) is 5.39 Å². The molecule has 0 aliphatic carbocycles. The number of aromatic hydroxyl groups is 1. The number of fused-ring (bicyclic) bond motifs is 3. The van der Waals surface area contributed by atoms with Crippen LogP contribution >= 0.6 is 0 Å². The largest absolute Gasteiger partial charge is 0.507 e. The van der Waals surface area contributed by atoms with Crippen LogP contribution in [0.5, 0.6) is 5.75 Å². The normalized spacial score (nSPS) is 10.9. The van der Waals surface area contributed by atoms with Crippen molar-refractivity contribution < 1.29 is 19.4 Å². The number of aromatic carboxylic acids is 1. The van der Waals surface area contributed by atoms with Gasteiger partial charge in [0.15, 0.2) is 5.58 Å². The van der Waals surface area contributed by atoms with Crippen molar-refractivity contribution in [1.82, 2.24) is 0 Å². The van der Waals surface area contributed by atoms with Gasteiger partial charge in [-0.15, -0.1) is 0 Å². The molecule has 1 aromatic heterocycles. The summed E-state index contributed by atoms with van der Waals surface area (Å²) in [5, 5.41) is 20.1. The molecule has 1 heterocycles. The second-order valence-electron chi connectivity index (χ2n) is 4.08. The predicted molar refractivity (Wildman–Crippen MR) is 68.6 cm³/mol. The molecule has 2 aromatic carbocycles. The highest BCUT2D eigenvalue weighted by molar-refractivity contribution is 6.11. The van der Waals surface area contributed by atoms with E-state index in [-0.39, 0.29) is 5.58 Å². The van der Waals surface area contributed by atoms with Gasteiger partial charge >= 0.3 is 11.6 Å². The maximum Gasteiger partial charge on any atom is 0.344 e. The van der Waals surface area contributed by atoms with E-state index in [4.69, 9.17) is 9.52 Å². The first-order valence-electron chi connectivity index (χ1n) is 5.50. The molecule has 0 saturated carbocycles. The molecule has 0 radical (unpaired) electrons. The van der Waals surface area contributed by atoms with Crippen molar-refractivity contribution in [3.8, 4) is 5.75 Å². The molecular formula is C14H8O5. The Balaban J connectivity index is 2.64. The van der Waals surface area contributed by atoms with Crippen LogP contribution in [0.1, 0.15) is 10.4 Å². The number of phenols is 1. The molecule has 94 valence electrons. The van der Waals surface area contributed by atoms with Gasteiger partial charge in [0, 0.05) is 5.39 Å². The van der Waals surface area contributed by atoms with Crippen LogP contribution in [0.3, 0.4) is 0 Å². The summed E-state index contributed by atoms with van der Waals surface area (Å²) in [6, 6.07) is 9.56. The molecule has 0 spiro atoms. The molecular weight excluding hydrogens is 248 g/mol. The fourth-order valence-corrected chi connectivity index (χ4v) is 2.14. The number of carboxylic acid groups (broad SMARTS) is 1. The van der Waals surface area contributed by atoms with E-state index in [0.717, 1.165) is 0 Å². The van der Waals surface area contributed by atoms with E-state index >= 15 is 0 Å². The summed E-state index contributed by atoms with van der Waals surface area (Å²) in [5.41, 5.74) is -1.15. The Kier molecular flexibility index (Phi) is 2.28. The van der Waals surface area contributed by atoms with Crippen molar-refractivity contribution in [3.05, 3.63) is 52.4 Å². The molecule has 0 unspecified atom stereocenters. The number of hydrogen-bond donors (Lipinski definition) is 2. The molecule has 0 aliphatic heterocycles. The third-order valence-corrected chi connectivity index (χ3v) is 2.98. The van der Waals surface area contributed by atoms with Crippen molar-refractivity contribution >= 4 is 27.7 Å². The van der Waals surface area contributed by atoms with E-state index in [9.17, 15) is 14.7 Å². The highest BCUT2D eigenvalue weighted by atomic mass is 16.4. The number of rotatable bonds is 1. The zero-order valence-corrected chi connectivity index (χ0v) is 9.58. The molecule has 3 aromatic rings. The first kappa shape index (κ1) is 11.3. The minimum Gasteiger partial charge on any atom is -0.507 e. The maximum absolute atomic E-state index is 11.8. The lowest BCUT2D eigenvalue weighted by Crippen LogP contribution is -2.04. The van der Waals surface area contributed by atoms with Gasteiger partial charge in [0.25, 0.3) is 0 Å². The maximum atomic E-state index is 11.8. The minimum atomic E-state index is -1.35. The Labute approximate surface area is 106 Å². The molecule has 0 saturated heterocycles. The molecule has 0 bridgehead atoms. The van der Waals surface area contributed by atoms with Crippen molar-refractivity contribution in [2.75, 3.05) is 0 Å². The SMILES string of the molecule is O=C(O)c1c(O)ccc2c1oc(=O)c1ccccc12. The Hall–Kier alpha value is -2.82. The summed E-state index contributed by atoms with van der Waals surface area (Å²) >= 11 is 0. The van der Waals surface area contributed by atoms with Crippen molar-refractivity contribution in [1.29, 1.82) is 0 Å². The standard InChI is InChI=1S/C14H8O5/c15-10-6-5-8-7-3-1-2-4-9(7)14(18)19-12(8)11(10)13(16)17/h1-6,15H,(H,16,17). The molecule has 0 atom stereocenters. The van der Waals surface area contributed by atoms with E-state index in [1.54, 1.807) is 24.3 Å². The molecule has 3 rings (SSSR count). The summed E-state index contributed by atoms with van der Waals surface area (Å²) in [7, 11) is 0. The van der Waals surface area contributed by atoms with Crippen LogP contribution in [-0.2, 0) is 0 Å². The van der Waals surface area contributed by atoms with Crippen LogP contribution in [0.4, 0.5) is 0 Å². The van der Waals surface area contributed by atoms with Crippen molar-refractivity contribution in [2.24, 2.45) is 0 Å². The number of hydrogen-bond acceptors (Lipinski definition) is 4. The highest BCUT2D eigenvalue weighted by Crippen LogP contribution is 2.30. The second kappa shape index (κ2) is 3.84. The number of benzene rings is 2. The van der Waals surface area contributed by atoms with Gasteiger partial charge in [-0.1, -0.05) is 18.2 Å². The van der Waals surface area contributed by atoms with Crippen LogP contribution in [0.2, 0.25) is 0 Å². The summed E-state index contributed by atoms with van der Waals surface area (Å²) in [5.74, 6) is -1.78. The topological polar surface area (TPSA) is 87.7 Å². The quantitative estimate of drug-likeness (QED) is 0.515. The first-order chi connectivity index (χ1) is 9.09. The average molecular weight is 256 g/mol. The van der Waals surface area contributed by atoms with Crippen LogP contribution in [0.25, 0.3) is 21.7 Å². The number of carboxylic acids is 1. The minimum absolute atomic E-state index is 0.115. The predicted octanol–water partition coefficient (Wildman–Crippen LogP) is 2.35. The molecule has 19 heavy (non-hydrogen) atoms. The molecule has 0 amide bonds. The first-order valence-corrected chi connectivity index (χ1v) is 5.50. The fourth-order valence-electron chi connectivity index (χ4n) is 2.14. The van der Waals surface area contributed by atoms with Crippen LogP contribution in [0.15, 0.2) is 45.6 Å². The van der Waals surface area contributed by atoms with Crippen LogP contribution < -0.4 is 5.63 Å². The Bertz CT molecular complexity index is 876. The van der Waals surface area contributed by atoms with E-state index < -0.39 is 22.9 Å². The zero-order valence-electron chi connectivity index (χ0n) is 9.58. The lowest BCUT2D eigenvalue weighted by Gasteiger charge is -2.06. The van der Waals surface area contributed by atoms with E-state index in [1.165, 1.54) is 12.1 Å². The second-order valence-corrected chi connectivity index (χ2v) is 4.08. The molecule has 5 nitrogen and oxygen atoms in total. The number of carbonyl (C=O) groups is 1. The summed E-state index contributed by atoms with van der Waals surface area (Å²) in [4.78, 5) is 23.0. The van der Waals surface area contributed by atoms with Gasteiger partial charge in [-0.05, 0) is 23.6 Å². The van der Waals surface area contributed by atoms with Gasteiger partial charge in [-0.25, -0.2) is 9.59 Å². The Morgan fingerprint density at radius 1 is 1.00 bits per heavy atom. The molecule has 2 N–H and O–H groups in total. The summed E-state index contributed by atoms with van der Waals surface area (Å²) in [6.45, 7) is 0.